The molecule has 218 valence electrons. The number of rotatable bonds is 10. The summed E-state index contributed by atoms with van der Waals surface area (Å²) in [5.74, 6) is 0. The minimum atomic E-state index is 0.520. The van der Waals surface area contributed by atoms with Gasteiger partial charge in [0.25, 0.3) is 5.13 Å². The summed E-state index contributed by atoms with van der Waals surface area (Å²) >= 11 is 3.26. The molecule has 6 rings (SSSR count). The van der Waals surface area contributed by atoms with Crippen LogP contribution in [0.4, 0.5) is 37.9 Å². The van der Waals surface area contributed by atoms with E-state index in [9.17, 15) is 0 Å². The molecule has 43 heavy (non-hydrogen) atoms. The smallest absolute Gasteiger partial charge is 0.252 e. The fourth-order valence-corrected chi connectivity index (χ4v) is 6.49. The minimum Gasteiger partial charge on any atom is -0.363 e. The van der Waals surface area contributed by atoms with Crippen LogP contribution in [0.5, 0.6) is 0 Å². The molecule has 2 aromatic heterocycles. The molecule has 1 fully saturated rings. The van der Waals surface area contributed by atoms with Gasteiger partial charge in [0.05, 0.1) is 27.1 Å². The first-order valence-corrected chi connectivity index (χ1v) is 16.0. The van der Waals surface area contributed by atoms with Gasteiger partial charge in [-0.1, -0.05) is 47.7 Å². The average Bonchev–Trinajstić information content (AvgIpc) is 3.82. The zero-order valence-electron chi connectivity index (χ0n) is 24.5. The van der Waals surface area contributed by atoms with Crippen LogP contribution in [0.15, 0.2) is 89.1 Å². The molecule has 0 saturated carbocycles. The summed E-state index contributed by atoms with van der Waals surface area (Å²) in [4.78, 5) is 4.75. The van der Waals surface area contributed by atoms with Gasteiger partial charge in [-0.15, -0.1) is 31.8 Å². The van der Waals surface area contributed by atoms with E-state index in [1.54, 1.807) is 0 Å². The maximum Gasteiger partial charge on any atom is 0.252 e. The highest BCUT2D eigenvalue weighted by atomic mass is 32.1. The maximum absolute atomic E-state index is 4.41. The van der Waals surface area contributed by atoms with E-state index in [4.69, 9.17) is 0 Å². The van der Waals surface area contributed by atoms with Crippen LogP contribution in [0.2, 0.25) is 0 Å². The highest BCUT2D eigenvalue weighted by Crippen LogP contribution is 2.37. The van der Waals surface area contributed by atoms with Crippen LogP contribution in [0.3, 0.4) is 0 Å². The SMILES string of the molecule is Cc1cc(NNc2ccc(N(C)c3ccc(N4CCCC4)s3)cc2C)ccc1N=Nc1nnc(/C=C/c2ccccc2)s1. The number of benzene rings is 3. The summed E-state index contributed by atoms with van der Waals surface area (Å²) in [6.45, 7) is 6.48. The lowest BCUT2D eigenvalue weighted by Crippen LogP contribution is -2.15. The van der Waals surface area contributed by atoms with Crippen LogP contribution in [0.1, 0.15) is 34.5 Å². The second-order valence-electron chi connectivity index (χ2n) is 10.5. The van der Waals surface area contributed by atoms with Gasteiger partial charge in [0, 0.05) is 25.8 Å². The molecule has 5 aromatic rings. The molecule has 0 aliphatic carbocycles. The lowest BCUT2D eigenvalue weighted by Gasteiger charge is -2.20. The first-order valence-electron chi connectivity index (χ1n) is 14.3. The lowest BCUT2D eigenvalue weighted by atomic mass is 10.1. The minimum absolute atomic E-state index is 0.520. The van der Waals surface area contributed by atoms with Gasteiger partial charge in [-0.05, 0) is 98.0 Å². The number of nitrogens with zero attached hydrogens (tertiary/aromatic N) is 6. The van der Waals surface area contributed by atoms with Crippen molar-refractivity contribution >= 4 is 72.7 Å². The van der Waals surface area contributed by atoms with Gasteiger partial charge in [0.1, 0.15) is 5.01 Å². The highest BCUT2D eigenvalue weighted by molar-refractivity contribution is 7.20. The Morgan fingerprint density at radius 1 is 0.814 bits per heavy atom. The van der Waals surface area contributed by atoms with E-state index < -0.39 is 0 Å². The number of hydrogen-bond donors (Lipinski definition) is 2. The molecular weight excluding hydrogens is 573 g/mol. The number of aromatic nitrogens is 2. The monoisotopic (exact) mass is 606 g/mol. The zero-order valence-corrected chi connectivity index (χ0v) is 26.1. The number of hydrogen-bond acceptors (Lipinski definition) is 10. The molecule has 1 saturated heterocycles. The van der Waals surface area contributed by atoms with Crippen LogP contribution in [-0.2, 0) is 0 Å². The number of hydrazine groups is 1. The molecule has 0 bridgehead atoms. The summed E-state index contributed by atoms with van der Waals surface area (Å²) in [6, 6.07) is 27.0. The number of anilines is 5. The number of azo groups is 1. The van der Waals surface area contributed by atoms with Gasteiger partial charge < -0.3 is 20.7 Å². The normalized spacial score (nSPS) is 13.3. The van der Waals surface area contributed by atoms with Crippen molar-refractivity contribution in [2.24, 2.45) is 10.2 Å². The van der Waals surface area contributed by atoms with Gasteiger partial charge in [0.15, 0.2) is 0 Å². The van der Waals surface area contributed by atoms with E-state index in [0.29, 0.717) is 5.13 Å². The first kappa shape index (κ1) is 28.6. The molecule has 8 nitrogen and oxygen atoms in total. The van der Waals surface area contributed by atoms with Crippen molar-refractivity contribution in [1.29, 1.82) is 0 Å². The van der Waals surface area contributed by atoms with E-state index in [1.807, 2.05) is 78.9 Å². The van der Waals surface area contributed by atoms with Gasteiger partial charge in [-0.25, -0.2) is 0 Å². The predicted molar refractivity (Wildman–Crippen MR) is 183 cm³/mol. The van der Waals surface area contributed by atoms with Gasteiger partial charge in [-0.3, -0.25) is 0 Å². The summed E-state index contributed by atoms with van der Waals surface area (Å²) in [5.41, 5.74) is 13.9. The summed E-state index contributed by atoms with van der Waals surface area (Å²) < 4.78 is 0. The summed E-state index contributed by atoms with van der Waals surface area (Å²) in [5, 5.41) is 21.0. The molecule has 0 unspecified atom stereocenters. The van der Waals surface area contributed by atoms with E-state index in [-0.39, 0.29) is 0 Å². The Balaban J connectivity index is 1.04. The summed E-state index contributed by atoms with van der Waals surface area (Å²) in [7, 11) is 2.13. The molecule has 3 heterocycles. The molecule has 1 aliphatic rings. The molecule has 0 amide bonds. The Morgan fingerprint density at radius 3 is 2.44 bits per heavy atom. The predicted octanol–water partition coefficient (Wildman–Crippen LogP) is 9.61. The zero-order chi connectivity index (χ0) is 29.6. The van der Waals surface area contributed by atoms with Crippen molar-refractivity contribution < 1.29 is 0 Å². The molecule has 2 N–H and O–H groups in total. The summed E-state index contributed by atoms with van der Waals surface area (Å²) in [6.07, 6.45) is 6.53. The van der Waals surface area contributed by atoms with Crippen LogP contribution in [0.25, 0.3) is 12.2 Å². The molecule has 0 atom stereocenters. The van der Waals surface area contributed by atoms with Crippen molar-refractivity contribution in [3.8, 4) is 0 Å². The quantitative estimate of drug-likeness (QED) is 0.122. The largest absolute Gasteiger partial charge is 0.363 e. The molecule has 0 spiro atoms. The molecule has 3 aromatic carbocycles. The third-order valence-corrected chi connectivity index (χ3v) is 9.35. The average molecular weight is 607 g/mol. The van der Waals surface area contributed by atoms with E-state index in [0.717, 1.165) is 44.4 Å². The standard InChI is InChI=1S/C33H34N8S2/c1-23-21-26(12-14-28(23)36-38-33-39-37-30(42-33)16-11-25-9-5-4-6-10-25)34-35-29-15-13-27(22-24(29)2)40(3)31-17-18-32(43-31)41-19-7-8-20-41/h4-6,9-18,21-22,34-35H,7-8,19-20H2,1-3H3/b16-11+,38-36?. The Kier molecular flexibility index (Phi) is 8.76. The van der Waals surface area contributed by atoms with E-state index in [1.165, 1.54) is 47.3 Å². The Labute approximate surface area is 260 Å². The molecule has 1 aliphatic heterocycles. The van der Waals surface area contributed by atoms with Crippen LogP contribution < -0.4 is 20.7 Å². The number of thiophene rings is 1. The third-order valence-electron chi connectivity index (χ3n) is 7.35. The van der Waals surface area contributed by atoms with Gasteiger partial charge >= 0.3 is 0 Å². The topological polar surface area (TPSA) is 81.0 Å². The van der Waals surface area contributed by atoms with Crippen molar-refractivity contribution in [1.82, 2.24) is 10.2 Å². The highest BCUT2D eigenvalue weighted by Gasteiger charge is 2.16. The van der Waals surface area contributed by atoms with Crippen LogP contribution >= 0.6 is 22.7 Å². The van der Waals surface area contributed by atoms with Crippen molar-refractivity contribution in [3.63, 3.8) is 0 Å². The second kappa shape index (κ2) is 13.2. The van der Waals surface area contributed by atoms with Gasteiger partial charge in [0.2, 0.25) is 0 Å². The van der Waals surface area contributed by atoms with Gasteiger partial charge in [-0.2, -0.15) is 0 Å². The van der Waals surface area contributed by atoms with Crippen molar-refractivity contribution in [3.05, 3.63) is 101 Å². The third kappa shape index (κ3) is 7.10. The number of aryl methyl sites for hydroxylation is 2. The van der Waals surface area contributed by atoms with E-state index in [2.05, 4.69) is 85.4 Å². The molecule has 0 radical (unpaired) electrons. The maximum atomic E-state index is 4.41. The molecular formula is C33H34N8S2. The Bertz CT molecular complexity index is 1730. The fourth-order valence-electron chi connectivity index (χ4n) is 4.88. The fraction of sp³-hybridized carbons (Fsp3) is 0.212. The second-order valence-corrected chi connectivity index (χ2v) is 12.5. The van der Waals surface area contributed by atoms with E-state index >= 15 is 0 Å². The lowest BCUT2D eigenvalue weighted by molar-refractivity contribution is 0.949. The first-order chi connectivity index (χ1) is 21.0. The Hall–Kier alpha value is -4.54. The number of nitrogens with one attached hydrogen (secondary N) is 2. The molecule has 10 heteroatoms. The Morgan fingerprint density at radius 2 is 1.65 bits per heavy atom. The van der Waals surface area contributed by atoms with Crippen LogP contribution in [0, 0.1) is 13.8 Å². The van der Waals surface area contributed by atoms with Crippen molar-refractivity contribution in [2.45, 2.75) is 26.7 Å². The van der Waals surface area contributed by atoms with Crippen molar-refractivity contribution in [2.75, 3.05) is 40.8 Å². The van der Waals surface area contributed by atoms with Crippen LogP contribution in [-0.4, -0.2) is 30.3 Å².